The predicted molar refractivity (Wildman–Crippen MR) is 109 cm³/mol. The number of alkyl halides is 3. The number of carbonyl (C=O) groups is 1. The lowest BCUT2D eigenvalue weighted by Gasteiger charge is -2.15. The van der Waals surface area contributed by atoms with Gasteiger partial charge in [-0.2, -0.15) is 13.2 Å². The number of H-pyrrole nitrogens is 2. The number of rotatable bonds is 6. The van der Waals surface area contributed by atoms with Gasteiger partial charge in [0, 0.05) is 18.0 Å². The molecule has 4 N–H and O–H groups in total. The minimum atomic E-state index is -4.71. The number of imidazole rings is 1. The molecule has 1 aromatic carbocycles. The summed E-state index contributed by atoms with van der Waals surface area (Å²) in [5.74, 6) is 0.741. The van der Waals surface area contributed by atoms with Crippen LogP contribution in [0.15, 0.2) is 77.9 Å². The van der Waals surface area contributed by atoms with Crippen molar-refractivity contribution in [1.29, 1.82) is 0 Å². The number of urea groups is 1. The number of aromatic amines is 2. The van der Waals surface area contributed by atoms with Crippen molar-refractivity contribution < 1.29 is 22.7 Å². The molecule has 3 aromatic rings. The molecule has 0 fully saturated rings. The van der Waals surface area contributed by atoms with Crippen molar-refractivity contribution in [3.63, 3.8) is 0 Å². The second kappa shape index (κ2) is 8.61. The van der Waals surface area contributed by atoms with Gasteiger partial charge in [-0.1, -0.05) is 19.2 Å². The topological polar surface area (TPSA) is 112 Å². The SMILES string of the molecule is C=C/C=C(/NC(=O)Nc1ccc(Oc2ccnc3[nH]c(=O)[nH]c23)cc1)C(=C)C(F)(F)F. The molecule has 11 heteroatoms. The van der Waals surface area contributed by atoms with Gasteiger partial charge in [-0.25, -0.2) is 14.6 Å². The molecule has 31 heavy (non-hydrogen) atoms. The number of carbonyl (C=O) groups excluding carboxylic acids is 1. The molecular formula is C20H16F3N5O3. The zero-order valence-corrected chi connectivity index (χ0v) is 15.8. The number of pyridine rings is 1. The summed E-state index contributed by atoms with van der Waals surface area (Å²) in [6.45, 7) is 6.28. The van der Waals surface area contributed by atoms with E-state index in [4.69, 9.17) is 4.74 Å². The Morgan fingerprint density at radius 2 is 1.87 bits per heavy atom. The third-order valence-electron chi connectivity index (χ3n) is 3.92. The summed E-state index contributed by atoms with van der Waals surface area (Å²) in [6.07, 6.45) is -1.15. The molecule has 160 valence electrons. The van der Waals surface area contributed by atoms with E-state index in [9.17, 15) is 22.8 Å². The minimum Gasteiger partial charge on any atom is -0.455 e. The number of hydrogen-bond acceptors (Lipinski definition) is 4. The average Bonchev–Trinajstić information content (AvgIpc) is 3.09. The molecule has 0 atom stereocenters. The lowest BCUT2D eigenvalue weighted by molar-refractivity contribution is -0.0893. The van der Waals surface area contributed by atoms with Gasteiger partial charge in [0.1, 0.15) is 11.3 Å². The maximum Gasteiger partial charge on any atom is 0.417 e. The van der Waals surface area contributed by atoms with Gasteiger partial charge in [-0.3, -0.25) is 4.98 Å². The molecule has 3 rings (SSSR count). The van der Waals surface area contributed by atoms with E-state index in [-0.39, 0.29) is 0 Å². The first kappa shape index (κ1) is 21.4. The average molecular weight is 431 g/mol. The zero-order valence-electron chi connectivity index (χ0n) is 15.8. The Bertz CT molecular complexity index is 1220. The number of amides is 2. The van der Waals surface area contributed by atoms with Gasteiger partial charge in [-0.05, 0) is 30.3 Å². The van der Waals surface area contributed by atoms with Crippen molar-refractivity contribution in [3.8, 4) is 11.5 Å². The Labute approximate surface area is 173 Å². The van der Waals surface area contributed by atoms with Gasteiger partial charge in [-0.15, -0.1) is 0 Å². The fourth-order valence-corrected chi connectivity index (χ4v) is 2.50. The first-order valence-corrected chi connectivity index (χ1v) is 8.69. The molecule has 0 spiro atoms. The molecule has 0 aliphatic rings. The maximum atomic E-state index is 12.8. The van der Waals surface area contributed by atoms with E-state index in [1.54, 1.807) is 6.07 Å². The highest BCUT2D eigenvalue weighted by Gasteiger charge is 2.34. The predicted octanol–water partition coefficient (Wildman–Crippen LogP) is 4.35. The molecule has 0 saturated heterocycles. The van der Waals surface area contributed by atoms with Crippen LogP contribution in [0.4, 0.5) is 23.7 Å². The summed E-state index contributed by atoms with van der Waals surface area (Å²) in [4.78, 5) is 32.6. The van der Waals surface area contributed by atoms with Crippen LogP contribution in [-0.4, -0.2) is 27.2 Å². The van der Waals surface area contributed by atoms with E-state index >= 15 is 0 Å². The van der Waals surface area contributed by atoms with Crippen LogP contribution < -0.4 is 21.1 Å². The molecule has 0 aliphatic heterocycles. The fraction of sp³-hybridized carbons (Fsp3) is 0.0500. The van der Waals surface area contributed by atoms with Crippen molar-refractivity contribution in [2.24, 2.45) is 0 Å². The van der Waals surface area contributed by atoms with E-state index in [0.717, 1.165) is 12.2 Å². The van der Waals surface area contributed by atoms with Crippen LogP contribution in [0.2, 0.25) is 0 Å². The highest BCUT2D eigenvalue weighted by atomic mass is 19.4. The number of hydrogen-bond donors (Lipinski definition) is 4. The molecule has 8 nitrogen and oxygen atoms in total. The number of nitrogens with one attached hydrogen (secondary N) is 4. The Morgan fingerprint density at radius 1 is 1.16 bits per heavy atom. The second-order valence-electron chi connectivity index (χ2n) is 6.11. The van der Waals surface area contributed by atoms with Crippen LogP contribution in [0, 0.1) is 0 Å². The molecule has 0 aliphatic carbocycles. The monoisotopic (exact) mass is 431 g/mol. The molecule has 0 saturated carbocycles. The van der Waals surface area contributed by atoms with Gasteiger partial charge < -0.3 is 20.4 Å². The van der Waals surface area contributed by atoms with E-state index < -0.39 is 29.2 Å². The van der Waals surface area contributed by atoms with Crippen molar-refractivity contribution in [3.05, 3.63) is 83.6 Å². The van der Waals surface area contributed by atoms with E-state index in [1.165, 1.54) is 30.5 Å². The van der Waals surface area contributed by atoms with Gasteiger partial charge in [0.2, 0.25) is 0 Å². The maximum absolute atomic E-state index is 12.8. The van der Waals surface area contributed by atoms with Crippen molar-refractivity contribution in [2.75, 3.05) is 5.32 Å². The molecule has 2 amide bonds. The minimum absolute atomic E-state index is 0.301. The summed E-state index contributed by atoms with van der Waals surface area (Å²) >= 11 is 0. The molecule has 0 radical (unpaired) electrons. The highest BCUT2D eigenvalue weighted by Crippen LogP contribution is 2.29. The van der Waals surface area contributed by atoms with Crippen LogP contribution in [0.5, 0.6) is 11.5 Å². The molecule has 0 unspecified atom stereocenters. The lowest BCUT2D eigenvalue weighted by atomic mass is 10.2. The third kappa shape index (κ3) is 5.21. The second-order valence-corrected chi connectivity index (χ2v) is 6.11. The number of nitrogens with zero attached hydrogens (tertiary/aromatic N) is 1. The van der Waals surface area contributed by atoms with Gasteiger partial charge in [0.05, 0.1) is 11.3 Å². The molecular weight excluding hydrogens is 415 g/mol. The van der Waals surface area contributed by atoms with E-state index in [0.29, 0.717) is 28.4 Å². The van der Waals surface area contributed by atoms with Crippen LogP contribution >= 0.6 is 0 Å². The summed E-state index contributed by atoms with van der Waals surface area (Å²) in [7, 11) is 0. The number of benzene rings is 1. The number of ether oxygens (including phenoxy) is 1. The normalized spacial score (nSPS) is 11.8. The lowest BCUT2D eigenvalue weighted by Crippen LogP contribution is -2.31. The molecule has 2 aromatic heterocycles. The van der Waals surface area contributed by atoms with Crippen molar-refractivity contribution in [2.45, 2.75) is 6.18 Å². The summed E-state index contributed by atoms with van der Waals surface area (Å²) in [6, 6.07) is 6.70. The fourth-order valence-electron chi connectivity index (χ4n) is 2.50. The smallest absolute Gasteiger partial charge is 0.417 e. The quantitative estimate of drug-likeness (QED) is 0.435. The zero-order chi connectivity index (χ0) is 22.6. The van der Waals surface area contributed by atoms with Gasteiger partial charge in [0.15, 0.2) is 11.4 Å². The summed E-state index contributed by atoms with van der Waals surface area (Å²) in [5, 5.41) is 4.50. The summed E-state index contributed by atoms with van der Waals surface area (Å²) in [5.41, 5.74) is -1.14. The number of aromatic nitrogens is 3. The standard InChI is InChI=1S/C20H16F3N5O3/c1-3-4-14(11(2)20(21,22)23)26-18(29)25-12-5-7-13(8-6-12)31-15-9-10-24-17-16(15)27-19(30)28-17/h3-10H,1-2H2,(H2,25,26,29)(H2,24,27,28,30)/b14-4+. The van der Waals surface area contributed by atoms with Crippen LogP contribution in [-0.2, 0) is 0 Å². The Hall–Kier alpha value is -4.28. The Kier molecular flexibility index (Phi) is 5.95. The summed E-state index contributed by atoms with van der Waals surface area (Å²) < 4.78 is 44.2. The highest BCUT2D eigenvalue weighted by molar-refractivity contribution is 5.91. The first-order valence-electron chi connectivity index (χ1n) is 8.69. The van der Waals surface area contributed by atoms with Gasteiger partial charge in [0.25, 0.3) is 0 Å². The Balaban J connectivity index is 1.68. The van der Waals surface area contributed by atoms with Crippen molar-refractivity contribution in [1.82, 2.24) is 20.3 Å². The van der Waals surface area contributed by atoms with Crippen LogP contribution in [0.3, 0.4) is 0 Å². The van der Waals surface area contributed by atoms with E-state index in [1.807, 2.05) is 0 Å². The number of halogens is 3. The number of anilines is 1. The number of fused-ring (bicyclic) bond motifs is 1. The number of allylic oxidation sites excluding steroid dienone is 3. The largest absolute Gasteiger partial charge is 0.455 e. The van der Waals surface area contributed by atoms with Crippen molar-refractivity contribution >= 4 is 22.9 Å². The Morgan fingerprint density at radius 3 is 2.52 bits per heavy atom. The van der Waals surface area contributed by atoms with Gasteiger partial charge >= 0.3 is 17.9 Å². The van der Waals surface area contributed by atoms with Crippen LogP contribution in [0.1, 0.15) is 0 Å². The van der Waals surface area contributed by atoms with E-state index in [2.05, 4.69) is 38.7 Å². The molecule has 2 heterocycles. The van der Waals surface area contributed by atoms with Crippen LogP contribution in [0.25, 0.3) is 11.2 Å². The third-order valence-corrected chi connectivity index (χ3v) is 3.92. The molecule has 0 bridgehead atoms. The first-order chi connectivity index (χ1) is 14.7.